The molecule has 4 rings (SSSR count). The molecule has 126 valence electrons. The molecule has 1 aromatic rings. The summed E-state index contributed by atoms with van der Waals surface area (Å²) >= 11 is 0. The van der Waals surface area contributed by atoms with Crippen molar-refractivity contribution in [2.75, 3.05) is 0 Å². The molecule has 0 aromatic heterocycles. The van der Waals surface area contributed by atoms with Crippen molar-refractivity contribution < 1.29 is 0 Å². The molecule has 0 amide bonds. The van der Waals surface area contributed by atoms with Crippen LogP contribution in [-0.2, 0) is 18.3 Å². The van der Waals surface area contributed by atoms with Crippen molar-refractivity contribution >= 4 is 6.08 Å². The van der Waals surface area contributed by atoms with Crippen LogP contribution in [0, 0.1) is 5.41 Å². The summed E-state index contributed by atoms with van der Waals surface area (Å²) in [5, 5.41) is 0. The first kappa shape index (κ1) is 15.9. The predicted octanol–water partition coefficient (Wildman–Crippen LogP) is 6.54. The Labute approximate surface area is 147 Å². The Kier molecular flexibility index (Phi) is 3.30. The fourth-order valence-corrected chi connectivity index (χ4v) is 5.73. The van der Waals surface area contributed by atoms with E-state index in [4.69, 9.17) is 0 Å². The maximum absolute atomic E-state index is 2.51. The van der Waals surface area contributed by atoms with E-state index in [9.17, 15) is 0 Å². The van der Waals surface area contributed by atoms with Crippen molar-refractivity contribution in [3.63, 3.8) is 0 Å². The van der Waals surface area contributed by atoms with Crippen molar-refractivity contribution in [1.29, 1.82) is 0 Å². The fourth-order valence-electron chi connectivity index (χ4n) is 5.73. The monoisotopic (exact) mass is 318 g/mol. The highest BCUT2D eigenvalue weighted by molar-refractivity contribution is 5.72. The van der Waals surface area contributed by atoms with Gasteiger partial charge in [0.05, 0.1) is 0 Å². The van der Waals surface area contributed by atoms with Gasteiger partial charge >= 0.3 is 0 Å². The second-order valence-corrected chi connectivity index (χ2v) is 8.54. The zero-order valence-electron chi connectivity index (χ0n) is 16.1. The lowest BCUT2D eigenvalue weighted by Gasteiger charge is -2.46. The van der Waals surface area contributed by atoms with Crippen LogP contribution in [-0.4, -0.2) is 0 Å². The molecule has 0 N–H and O–H groups in total. The Morgan fingerprint density at radius 1 is 0.833 bits per heavy atom. The lowest BCUT2D eigenvalue weighted by Crippen LogP contribution is -2.41. The minimum Gasteiger partial charge on any atom is -0.0724 e. The van der Waals surface area contributed by atoms with Crippen LogP contribution >= 0.6 is 0 Å². The van der Waals surface area contributed by atoms with Gasteiger partial charge in [-0.25, -0.2) is 0 Å². The Morgan fingerprint density at radius 2 is 1.46 bits per heavy atom. The van der Waals surface area contributed by atoms with Crippen LogP contribution in [0.15, 0.2) is 40.5 Å². The summed E-state index contributed by atoms with van der Waals surface area (Å²) in [5.74, 6) is 0. The summed E-state index contributed by atoms with van der Waals surface area (Å²) in [6.45, 7) is 14.3. The molecule has 0 radical (unpaired) electrons. The van der Waals surface area contributed by atoms with Crippen molar-refractivity contribution in [3.05, 3.63) is 62.8 Å². The molecule has 0 saturated heterocycles. The third-order valence-electron chi connectivity index (χ3n) is 7.91. The fraction of sp³-hybridized carbons (Fsp3) is 0.500. The summed E-state index contributed by atoms with van der Waals surface area (Å²) in [6.07, 6.45) is 10.1. The summed E-state index contributed by atoms with van der Waals surface area (Å²) in [5.41, 5.74) is 12.6. The summed E-state index contributed by atoms with van der Waals surface area (Å²) < 4.78 is 0. The van der Waals surface area contributed by atoms with Gasteiger partial charge in [-0.15, -0.1) is 0 Å². The lowest BCUT2D eigenvalue weighted by molar-refractivity contribution is 0.314. The van der Waals surface area contributed by atoms with Gasteiger partial charge in [-0.05, 0) is 86.8 Å². The van der Waals surface area contributed by atoms with Crippen LogP contribution in [0.3, 0.4) is 0 Å². The van der Waals surface area contributed by atoms with Crippen LogP contribution in [0.25, 0.3) is 6.08 Å². The molecule has 1 atom stereocenters. The van der Waals surface area contributed by atoms with Gasteiger partial charge in [-0.2, -0.15) is 0 Å². The third kappa shape index (κ3) is 1.70. The largest absolute Gasteiger partial charge is 0.0724 e. The van der Waals surface area contributed by atoms with Crippen LogP contribution < -0.4 is 0 Å². The van der Waals surface area contributed by atoms with E-state index in [-0.39, 0.29) is 10.8 Å². The minimum absolute atomic E-state index is 0.0677. The van der Waals surface area contributed by atoms with Gasteiger partial charge in [0.15, 0.2) is 0 Å². The van der Waals surface area contributed by atoms with Gasteiger partial charge in [0.25, 0.3) is 0 Å². The third-order valence-corrected chi connectivity index (χ3v) is 7.91. The van der Waals surface area contributed by atoms with Crippen molar-refractivity contribution in [3.8, 4) is 0 Å². The number of fused-ring (bicyclic) bond motifs is 3. The molecule has 0 aliphatic heterocycles. The quantitative estimate of drug-likeness (QED) is 0.551. The van der Waals surface area contributed by atoms with Gasteiger partial charge in [-0.1, -0.05) is 49.3 Å². The van der Waals surface area contributed by atoms with E-state index in [0.717, 1.165) is 0 Å². The van der Waals surface area contributed by atoms with E-state index in [2.05, 4.69) is 65.8 Å². The Balaban J connectivity index is 1.99. The van der Waals surface area contributed by atoms with Gasteiger partial charge in [0.1, 0.15) is 0 Å². The highest BCUT2D eigenvalue weighted by Gasteiger charge is 2.53. The molecule has 0 spiro atoms. The molecule has 0 saturated carbocycles. The summed E-state index contributed by atoms with van der Waals surface area (Å²) in [4.78, 5) is 0. The maximum atomic E-state index is 2.51. The number of allylic oxidation sites excluding steroid dienone is 5. The number of hydrogen-bond donors (Lipinski definition) is 0. The molecular formula is C24H30. The van der Waals surface area contributed by atoms with Crippen LogP contribution in [0.5, 0.6) is 0 Å². The molecule has 0 fully saturated rings. The van der Waals surface area contributed by atoms with Crippen molar-refractivity contribution in [2.45, 2.75) is 72.6 Å². The van der Waals surface area contributed by atoms with Crippen LogP contribution in [0.4, 0.5) is 0 Å². The molecule has 1 aromatic carbocycles. The van der Waals surface area contributed by atoms with Gasteiger partial charge < -0.3 is 0 Å². The Hall–Kier alpha value is -1.56. The molecule has 3 aliphatic carbocycles. The van der Waals surface area contributed by atoms with E-state index in [1.165, 1.54) is 42.4 Å². The van der Waals surface area contributed by atoms with Gasteiger partial charge in [0, 0.05) is 10.8 Å². The SMILES string of the molecule is CC1=C(C)C(C)(C2(C)C=Cc3ccc4c(c32)CCCC4)C(C)=C1C. The zero-order chi connectivity index (χ0) is 17.3. The molecule has 0 nitrogen and oxygen atoms in total. The molecule has 0 heteroatoms. The number of aryl methyl sites for hydroxylation is 1. The molecule has 24 heavy (non-hydrogen) atoms. The second kappa shape index (κ2) is 4.97. The smallest absolute Gasteiger partial charge is 0.0244 e. The predicted molar refractivity (Wildman–Crippen MR) is 104 cm³/mol. The van der Waals surface area contributed by atoms with E-state index in [1.54, 1.807) is 27.8 Å². The number of hydrogen-bond acceptors (Lipinski definition) is 0. The zero-order valence-corrected chi connectivity index (χ0v) is 16.1. The Morgan fingerprint density at radius 3 is 2.12 bits per heavy atom. The molecule has 0 heterocycles. The average Bonchev–Trinajstić information content (AvgIpc) is 3.03. The summed E-state index contributed by atoms with van der Waals surface area (Å²) in [7, 11) is 0. The second-order valence-electron chi connectivity index (χ2n) is 8.54. The summed E-state index contributed by atoms with van der Waals surface area (Å²) in [6, 6.07) is 4.76. The van der Waals surface area contributed by atoms with E-state index in [0.29, 0.717) is 0 Å². The van der Waals surface area contributed by atoms with Crippen molar-refractivity contribution in [2.24, 2.45) is 5.41 Å². The highest BCUT2D eigenvalue weighted by atomic mass is 14.6. The van der Waals surface area contributed by atoms with Crippen LogP contribution in [0.1, 0.15) is 76.6 Å². The highest BCUT2D eigenvalue weighted by Crippen LogP contribution is 2.61. The lowest BCUT2D eigenvalue weighted by atomic mass is 9.56. The van der Waals surface area contributed by atoms with Crippen LogP contribution in [0.2, 0.25) is 0 Å². The molecule has 1 unspecified atom stereocenters. The first-order valence-corrected chi connectivity index (χ1v) is 9.53. The molecule has 0 bridgehead atoms. The number of rotatable bonds is 1. The average molecular weight is 319 g/mol. The van der Waals surface area contributed by atoms with Gasteiger partial charge in [-0.3, -0.25) is 0 Å². The minimum atomic E-state index is 0.0677. The molecular weight excluding hydrogens is 288 g/mol. The van der Waals surface area contributed by atoms with Gasteiger partial charge in [0.2, 0.25) is 0 Å². The van der Waals surface area contributed by atoms with E-state index < -0.39 is 0 Å². The van der Waals surface area contributed by atoms with Crippen molar-refractivity contribution in [1.82, 2.24) is 0 Å². The first-order valence-electron chi connectivity index (χ1n) is 9.53. The van der Waals surface area contributed by atoms with E-state index >= 15 is 0 Å². The normalized spacial score (nSPS) is 27.8. The Bertz CT molecular complexity index is 804. The molecule has 3 aliphatic rings. The number of benzene rings is 1. The standard InChI is InChI=1S/C24H30/c1-15-16(2)18(4)24(6,17(15)3)23(5)14-13-20-12-11-19-9-7-8-10-21(19)22(20)23/h11-14H,7-10H2,1-6H3. The van der Waals surface area contributed by atoms with E-state index in [1.807, 2.05) is 0 Å². The first-order chi connectivity index (χ1) is 11.3. The topological polar surface area (TPSA) is 0 Å². The maximum Gasteiger partial charge on any atom is 0.0244 e.